The number of aryl methyl sites for hydroxylation is 1. The first-order valence-corrected chi connectivity index (χ1v) is 9.80. The molecule has 28 heavy (non-hydrogen) atoms. The number of esters is 1. The molecule has 0 aromatic heterocycles. The standard InChI is InChI=1S/C20H21ClN2O5/c1-10-2-5-13(21)7-14(10)22-15(24)9-28-16(25)8-23-19(26)17-11-3-4-12(6-11)18(17)20(23)27/h2,5,7,11-12,17-18H,3-4,6,8-9H2,1H3,(H,22,24)/t11-,12-,17+,18+/m0/s1. The number of nitrogens with one attached hydrogen (secondary N) is 1. The van der Waals surface area contributed by atoms with E-state index in [1.165, 1.54) is 0 Å². The van der Waals surface area contributed by atoms with Crippen molar-refractivity contribution >= 4 is 41.0 Å². The van der Waals surface area contributed by atoms with Crippen LogP contribution in [0.3, 0.4) is 0 Å². The number of halogens is 1. The molecule has 1 saturated heterocycles. The number of carbonyl (C=O) groups excluding carboxylic acids is 4. The number of benzene rings is 1. The molecule has 4 rings (SSSR count). The summed E-state index contributed by atoms with van der Waals surface area (Å²) in [6.45, 7) is 0.874. The van der Waals surface area contributed by atoms with E-state index in [1.54, 1.807) is 18.2 Å². The molecule has 7 nitrogen and oxygen atoms in total. The van der Waals surface area contributed by atoms with Crippen LogP contribution in [0.5, 0.6) is 0 Å². The van der Waals surface area contributed by atoms with Crippen molar-refractivity contribution in [1.82, 2.24) is 4.90 Å². The van der Waals surface area contributed by atoms with Gasteiger partial charge in [-0.2, -0.15) is 0 Å². The summed E-state index contributed by atoms with van der Waals surface area (Å²) in [5.74, 6) is -1.84. The van der Waals surface area contributed by atoms with E-state index in [2.05, 4.69) is 5.32 Å². The number of rotatable bonds is 5. The van der Waals surface area contributed by atoms with Gasteiger partial charge in [-0.25, -0.2) is 0 Å². The lowest BCUT2D eigenvalue weighted by Gasteiger charge is -2.19. The highest BCUT2D eigenvalue weighted by Crippen LogP contribution is 2.56. The van der Waals surface area contributed by atoms with Crippen molar-refractivity contribution in [2.45, 2.75) is 26.2 Å². The molecule has 0 radical (unpaired) electrons. The quantitative estimate of drug-likeness (QED) is 0.599. The Morgan fingerprint density at radius 1 is 1.18 bits per heavy atom. The van der Waals surface area contributed by atoms with Gasteiger partial charge in [-0.1, -0.05) is 17.7 Å². The lowest BCUT2D eigenvalue weighted by Crippen LogP contribution is -2.38. The van der Waals surface area contributed by atoms with Gasteiger partial charge in [-0.05, 0) is 55.7 Å². The highest BCUT2D eigenvalue weighted by atomic mass is 35.5. The van der Waals surface area contributed by atoms with E-state index in [9.17, 15) is 19.2 Å². The first-order chi connectivity index (χ1) is 13.3. The van der Waals surface area contributed by atoms with Crippen LogP contribution in [-0.4, -0.2) is 41.7 Å². The zero-order chi connectivity index (χ0) is 20.0. The summed E-state index contributed by atoms with van der Waals surface area (Å²) >= 11 is 5.91. The molecular formula is C20H21ClN2O5. The predicted octanol–water partition coefficient (Wildman–Crippen LogP) is 2.16. The molecule has 0 spiro atoms. The fourth-order valence-electron chi connectivity index (χ4n) is 4.86. The van der Waals surface area contributed by atoms with Gasteiger partial charge in [0.25, 0.3) is 5.91 Å². The molecule has 3 amide bonds. The summed E-state index contributed by atoms with van der Waals surface area (Å²) in [4.78, 5) is 50.3. The molecule has 1 aliphatic heterocycles. The van der Waals surface area contributed by atoms with Crippen LogP contribution < -0.4 is 5.32 Å². The number of hydrogen-bond donors (Lipinski definition) is 1. The number of imide groups is 1. The SMILES string of the molecule is Cc1ccc(Cl)cc1NC(=O)COC(=O)CN1C(=O)[C@@H]2[C@H]3CC[C@@H](C3)[C@H]2C1=O. The zero-order valence-corrected chi connectivity index (χ0v) is 16.2. The maximum Gasteiger partial charge on any atom is 0.326 e. The Hall–Kier alpha value is -2.41. The van der Waals surface area contributed by atoms with Crippen LogP contribution in [0.1, 0.15) is 24.8 Å². The molecule has 2 bridgehead atoms. The van der Waals surface area contributed by atoms with E-state index < -0.39 is 25.0 Å². The van der Waals surface area contributed by atoms with Crippen LogP contribution >= 0.6 is 11.6 Å². The van der Waals surface area contributed by atoms with Gasteiger partial charge in [-0.3, -0.25) is 24.1 Å². The molecule has 1 N–H and O–H groups in total. The van der Waals surface area contributed by atoms with Crippen molar-refractivity contribution < 1.29 is 23.9 Å². The van der Waals surface area contributed by atoms with E-state index in [1.807, 2.05) is 6.92 Å². The van der Waals surface area contributed by atoms with E-state index in [0.717, 1.165) is 29.7 Å². The molecule has 3 aliphatic rings. The summed E-state index contributed by atoms with van der Waals surface area (Å²) in [5, 5.41) is 3.10. The number of fused-ring (bicyclic) bond motifs is 5. The average Bonchev–Trinajstić information content (AvgIpc) is 3.33. The number of anilines is 1. The number of amides is 3. The second-order valence-electron chi connectivity index (χ2n) is 7.82. The van der Waals surface area contributed by atoms with Crippen molar-refractivity contribution in [3.8, 4) is 0 Å². The summed E-state index contributed by atoms with van der Waals surface area (Å²) in [5.41, 5.74) is 1.35. The highest BCUT2D eigenvalue weighted by molar-refractivity contribution is 6.31. The Morgan fingerprint density at radius 2 is 1.82 bits per heavy atom. The number of hydrogen-bond acceptors (Lipinski definition) is 5. The third-order valence-corrected chi connectivity index (χ3v) is 6.38. The minimum atomic E-state index is -0.771. The fraction of sp³-hybridized carbons (Fsp3) is 0.500. The van der Waals surface area contributed by atoms with Crippen molar-refractivity contribution in [3.63, 3.8) is 0 Å². The van der Waals surface area contributed by atoms with Crippen LogP contribution in [0, 0.1) is 30.6 Å². The van der Waals surface area contributed by atoms with Gasteiger partial charge in [0, 0.05) is 10.7 Å². The van der Waals surface area contributed by atoms with Gasteiger partial charge in [0.05, 0.1) is 11.8 Å². The summed E-state index contributed by atoms with van der Waals surface area (Å²) < 4.78 is 4.97. The van der Waals surface area contributed by atoms with E-state index in [0.29, 0.717) is 10.7 Å². The third kappa shape index (κ3) is 3.28. The minimum Gasteiger partial charge on any atom is -0.454 e. The predicted molar refractivity (Wildman–Crippen MR) is 100 cm³/mol. The fourth-order valence-corrected chi connectivity index (χ4v) is 5.03. The molecule has 1 aromatic carbocycles. The Kier molecular flexibility index (Phi) is 4.87. The molecule has 4 atom stereocenters. The van der Waals surface area contributed by atoms with Gasteiger partial charge in [-0.15, -0.1) is 0 Å². The van der Waals surface area contributed by atoms with E-state index in [-0.39, 0.29) is 35.5 Å². The first-order valence-electron chi connectivity index (χ1n) is 9.42. The molecule has 2 aliphatic carbocycles. The topological polar surface area (TPSA) is 92.8 Å². The van der Waals surface area contributed by atoms with Crippen molar-refractivity contribution in [3.05, 3.63) is 28.8 Å². The Morgan fingerprint density at radius 3 is 2.46 bits per heavy atom. The second kappa shape index (κ2) is 7.20. The summed E-state index contributed by atoms with van der Waals surface area (Å²) in [6.07, 6.45) is 2.90. The zero-order valence-electron chi connectivity index (χ0n) is 15.4. The lowest BCUT2D eigenvalue weighted by atomic mass is 9.81. The number of nitrogens with zero attached hydrogens (tertiary/aromatic N) is 1. The molecule has 0 unspecified atom stereocenters. The van der Waals surface area contributed by atoms with Gasteiger partial charge in [0.2, 0.25) is 11.8 Å². The van der Waals surface area contributed by atoms with Crippen LogP contribution in [0.25, 0.3) is 0 Å². The van der Waals surface area contributed by atoms with Gasteiger partial charge >= 0.3 is 5.97 Å². The number of carbonyl (C=O) groups is 4. The van der Waals surface area contributed by atoms with Crippen LogP contribution in [0.4, 0.5) is 5.69 Å². The van der Waals surface area contributed by atoms with Crippen molar-refractivity contribution in [1.29, 1.82) is 0 Å². The largest absolute Gasteiger partial charge is 0.454 e. The van der Waals surface area contributed by atoms with E-state index in [4.69, 9.17) is 16.3 Å². The molecule has 2 saturated carbocycles. The van der Waals surface area contributed by atoms with Gasteiger partial charge < -0.3 is 10.1 Å². The first kappa shape index (κ1) is 18.9. The van der Waals surface area contributed by atoms with Crippen molar-refractivity contribution in [2.24, 2.45) is 23.7 Å². The van der Waals surface area contributed by atoms with Gasteiger partial charge in [0.1, 0.15) is 6.54 Å². The summed E-state index contributed by atoms with van der Waals surface area (Å²) in [7, 11) is 0. The normalized spacial score (nSPS) is 27.9. The van der Waals surface area contributed by atoms with Crippen LogP contribution in [0.2, 0.25) is 5.02 Å². The smallest absolute Gasteiger partial charge is 0.326 e. The molecule has 1 aromatic rings. The second-order valence-corrected chi connectivity index (χ2v) is 8.25. The third-order valence-electron chi connectivity index (χ3n) is 6.14. The number of likely N-dealkylation sites (tertiary alicyclic amines) is 1. The molecule has 148 valence electrons. The average molecular weight is 405 g/mol. The molecular weight excluding hydrogens is 384 g/mol. The highest BCUT2D eigenvalue weighted by Gasteiger charge is 2.61. The van der Waals surface area contributed by atoms with Crippen molar-refractivity contribution in [2.75, 3.05) is 18.5 Å². The summed E-state index contributed by atoms with van der Waals surface area (Å²) in [6, 6.07) is 5.07. The maximum absolute atomic E-state index is 12.6. The van der Waals surface area contributed by atoms with Gasteiger partial charge in [0.15, 0.2) is 6.61 Å². The number of ether oxygens (including phenoxy) is 1. The van der Waals surface area contributed by atoms with E-state index >= 15 is 0 Å². The lowest BCUT2D eigenvalue weighted by molar-refractivity contribution is -0.154. The Bertz CT molecular complexity index is 842. The molecule has 1 heterocycles. The van der Waals surface area contributed by atoms with Crippen LogP contribution in [0.15, 0.2) is 18.2 Å². The Labute approximate surface area is 167 Å². The molecule has 3 fully saturated rings. The monoisotopic (exact) mass is 404 g/mol. The maximum atomic E-state index is 12.6. The molecule has 8 heteroatoms. The van der Waals surface area contributed by atoms with Crippen LogP contribution in [-0.2, 0) is 23.9 Å². The Balaban J connectivity index is 1.30. The minimum absolute atomic E-state index is 0.263.